The number of ether oxygens (including phenoxy) is 1. The van der Waals surface area contributed by atoms with Crippen LogP contribution in [0.5, 0.6) is 0 Å². The van der Waals surface area contributed by atoms with Crippen molar-refractivity contribution in [3.8, 4) is 0 Å². The SMILES string of the molecule is CCC1CCC(C(=O)C2=COCC2)C1. The maximum Gasteiger partial charge on any atom is 0.165 e. The number of Topliss-reactive ketones (excluding diaryl/α,β-unsaturated/α-hetero) is 1. The van der Waals surface area contributed by atoms with E-state index in [1.165, 1.54) is 12.8 Å². The molecule has 2 nitrogen and oxygen atoms in total. The minimum atomic E-state index is 0.299. The van der Waals surface area contributed by atoms with Crippen LogP contribution in [0.1, 0.15) is 39.0 Å². The topological polar surface area (TPSA) is 26.3 Å². The molecular weight excluding hydrogens is 176 g/mol. The third-order valence-electron chi connectivity index (χ3n) is 3.52. The van der Waals surface area contributed by atoms with Gasteiger partial charge < -0.3 is 4.74 Å². The van der Waals surface area contributed by atoms with Gasteiger partial charge in [0.05, 0.1) is 12.9 Å². The molecule has 0 aromatic carbocycles. The van der Waals surface area contributed by atoms with Crippen LogP contribution in [0.2, 0.25) is 0 Å². The van der Waals surface area contributed by atoms with E-state index in [1.54, 1.807) is 6.26 Å². The Hall–Kier alpha value is -0.790. The zero-order valence-electron chi connectivity index (χ0n) is 8.79. The fraction of sp³-hybridized carbons (Fsp3) is 0.750. The maximum absolute atomic E-state index is 12.0. The number of hydrogen-bond acceptors (Lipinski definition) is 2. The average Bonchev–Trinajstić information content (AvgIpc) is 2.88. The molecule has 0 N–H and O–H groups in total. The van der Waals surface area contributed by atoms with Gasteiger partial charge in [0, 0.05) is 17.9 Å². The van der Waals surface area contributed by atoms with E-state index < -0.39 is 0 Å². The van der Waals surface area contributed by atoms with E-state index >= 15 is 0 Å². The van der Waals surface area contributed by atoms with Crippen LogP contribution in [-0.4, -0.2) is 12.4 Å². The molecule has 0 saturated heterocycles. The Morgan fingerprint density at radius 3 is 3.00 bits per heavy atom. The first-order valence-corrected chi connectivity index (χ1v) is 5.66. The molecule has 2 atom stereocenters. The second kappa shape index (κ2) is 4.16. The second-order valence-corrected chi connectivity index (χ2v) is 4.41. The van der Waals surface area contributed by atoms with Crippen molar-refractivity contribution in [3.05, 3.63) is 11.8 Å². The van der Waals surface area contributed by atoms with E-state index in [2.05, 4.69) is 6.92 Å². The number of ketones is 1. The van der Waals surface area contributed by atoms with Gasteiger partial charge in [-0.05, 0) is 25.2 Å². The summed E-state index contributed by atoms with van der Waals surface area (Å²) in [5.41, 5.74) is 0.923. The van der Waals surface area contributed by atoms with Crippen molar-refractivity contribution >= 4 is 5.78 Å². The minimum absolute atomic E-state index is 0.299. The fourth-order valence-corrected chi connectivity index (χ4v) is 2.51. The van der Waals surface area contributed by atoms with Gasteiger partial charge in [-0.25, -0.2) is 0 Å². The summed E-state index contributed by atoms with van der Waals surface area (Å²) in [6, 6.07) is 0. The van der Waals surface area contributed by atoms with Crippen LogP contribution in [0.15, 0.2) is 11.8 Å². The lowest BCUT2D eigenvalue weighted by atomic mass is 9.94. The molecule has 78 valence electrons. The van der Waals surface area contributed by atoms with Crippen molar-refractivity contribution in [3.63, 3.8) is 0 Å². The van der Waals surface area contributed by atoms with Crippen molar-refractivity contribution in [1.29, 1.82) is 0 Å². The molecule has 1 fully saturated rings. The molecule has 0 bridgehead atoms. The molecule has 0 amide bonds. The largest absolute Gasteiger partial charge is 0.500 e. The van der Waals surface area contributed by atoms with Crippen molar-refractivity contribution in [1.82, 2.24) is 0 Å². The summed E-state index contributed by atoms with van der Waals surface area (Å²) in [7, 11) is 0. The van der Waals surface area contributed by atoms with Crippen LogP contribution in [-0.2, 0) is 9.53 Å². The number of rotatable bonds is 3. The highest BCUT2D eigenvalue weighted by Crippen LogP contribution is 2.35. The zero-order valence-corrected chi connectivity index (χ0v) is 8.79. The van der Waals surface area contributed by atoms with Crippen LogP contribution in [0.3, 0.4) is 0 Å². The smallest absolute Gasteiger partial charge is 0.165 e. The van der Waals surface area contributed by atoms with Gasteiger partial charge in [-0.2, -0.15) is 0 Å². The van der Waals surface area contributed by atoms with Crippen molar-refractivity contribution in [2.45, 2.75) is 39.0 Å². The van der Waals surface area contributed by atoms with Gasteiger partial charge >= 0.3 is 0 Å². The van der Waals surface area contributed by atoms with Gasteiger partial charge in [0.1, 0.15) is 0 Å². The van der Waals surface area contributed by atoms with Crippen molar-refractivity contribution < 1.29 is 9.53 Å². The van der Waals surface area contributed by atoms with Crippen molar-refractivity contribution in [2.24, 2.45) is 11.8 Å². The first kappa shape index (κ1) is 9.75. The summed E-state index contributed by atoms with van der Waals surface area (Å²) in [5, 5.41) is 0. The van der Waals surface area contributed by atoms with Crippen LogP contribution in [0.25, 0.3) is 0 Å². The molecular formula is C12H18O2. The lowest BCUT2D eigenvalue weighted by Gasteiger charge is -2.08. The monoisotopic (exact) mass is 194 g/mol. The Morgan fingerprint density at radius 1 is 1.57 bits per heavy atom. The van der Waals surface area contributed by atoms with E-state index in [9.17, 15) is 4.79 Å². The molecule has 2 aliphatic rings. The molecule has 0 aromatic rings. The van der Waals surface area contributed by atoms with Gasteiger partial charge in [-0.1, -0.05) is 13.3 Å². The molecule has 2 unspecified atom stereocenters. The summed E-state index contributed by atoms with van der Waals surface area (Å²) in [4.78, 5) is 12.0. The molecule has 2 heteroatoms. The number of hydrogen-bond donors (Lipinski definition) is 0. The molecule has 1 aliphatic heterocycles. The highest BCUT2D eigenvalue weighted by atomic mass is 16.5. The molecule has 1 saturated carbocycles. The predicted molar refractivity (Wildman–Crippen MR) is 54.8 cm³/mol. The van der Waals surface area contributed by atoms with E-state index in [0.29, 0.717) is 18.3 Å². The highest BCUT2D eigenvalue weighted by Gasteiger charge is 2.31. The minimum Gasteiger partial charge on any atom is -0.500 e. The van der Waals surface area contributed by atoms with E-state index in [-0.39, 0.29) is 0 Å². The van der Waals surface area contributed by atoms with Gasteiger partial charge in [0.2, 0.25) is 0 Å². The standard InChI is InChI=1S/C12H18O2/c1-2-9-3-4-10(7-9)12(13)11-5-6-14-8-11/h8-10H,2-7H2,1H3. The Morgan fingerprint density at radius 2 is 2.43 bits per heavy atom. The zero-order chi connectivity index (χ0) is 9.97. The summed E-state index contributed by atoms with van der Waals surface area (Å²) in [6.07, 6.45) is 7.15. The normalized spacial score (nSPS) is 31.4. The van der Waals surface area contributed by atoms with E-state index in [1.807, 2.05) is 0 Å². The lowest BCUT2D eigenvalue weighted by molar-refractivity contribution is -0.119. The fourth-order valence-electron chi connectivity index (χ4n) is 2.51. The van der Waals surface area contributed by atoms with Gasteiger partial charge in [0.15, 0.2) is 5.78 Å². The average molecular weight is 194 g/mol. The Labute approximate surface area is 85.3 Å². The number of carbonyl (C=O) groups is 1. The third-order valence-corrected chi connectivity index (χ3v) is 3.52. The van der Waals surface area contributed by atoms with E-state index in [4.69, 9.17) is 4.74 Å². The van der Waals surface area contributed by atoms with Crippen LogP contribution in [0.4, 0.5) is 0 Å². The molecule has 0 aromatic heterocycles. The maximum atomic E-state index is 12.0. The predicted octanol–water partition coefficient (Wildman–Crippen LogP) is 2.69. The lowest BCUT2D eigenvalue weighted by Crippen LogP contribution is -2.13. The molecule has 1 aliphatic carbocycles. The molecule has 14 heavy (non-hydrogen) atoms. The molecule has 2 rings (SSSR count). The molecule has 0 radical (unpaired) electrons. The molecule has 1 heterocycles. The summed E-state index contributed by atoms with van der Waals surface area (Å²) in [5.74, 6) is 1.44. The third kappa shape index (κ3) is 1.84. The van der Waals surface area contributed by atoms with Crippen molar-refractivity contribution in [2.75, 3.05) is 6.61 Å². The van der Waals surface area contributed by atoms with Gasteiger partial charge in [-0.15, -0.1) is 0 Å². The number of carbonyl (C=O) groups excluding carboxylic acids is 1. The van der Waals surface area contributed by atoms with Crippen LogP contribution < -0.4 is 0 Å². The molecule has 0 spiro atoms. The van der Waals surface area contributed by atoms with Crippen LogP contribution in [0, 0.1) is 11.8 Å². The first-order valence-electron chi connectivity index (χ1n) is 5.66. The Balaban J connectivity index is 1.93. The van der Waals surface area contributed by atoms with Gasteiger partial charge in [-0.3, -0.25) is 4.79 Å². The summed E-state index contributed by atoms with van der Waals surface area (Å²) < 4.78 is 5.11. The highest BCUT2D eigenvalue weighted by molar-refractivity contribution is 5.97. The Kier molecular flexibility index (Phi) is 2.90. The Bertz CT molecular complexity index is 255. The quantitative estimate of drug-likeness (QED) is 0.690. The summed E-state index contributed by atoms with van der Waals surface area (Å²) >= 11 is 0. The van der Waals surface area contributed by atoms with E-state index in [0.717, 1.165) is 30.8 Å². The van der Waals surface area contributed by atoms with Gasteiger partial charge in [0.25, 0.3) is 0 Å². The summed E-state index contributed by atoms with van der Waals surface area (Å²) in [6.45, 7) is 2.92. The first-order chi connectivity index (χ1) is 6.81. The second-order valence-electron chi connectivity index (χ2n) is 4.41. The van der Waals surface area contributed by atoms with Crippen LogP contribution >= 0.6 is 0 Å².